The Labute approximate surface area is 172 Å². The van der Waals surface area contributed by atoms with E-state index in [2.05, 4.69) is 15.1 Å². The zero-order valence-electron chi connectivity index (χ0n) is 16.6. The second kappa shape index (κ2) is 7.90. The maximum absolute atomic E-state index is 14.9. The highest BCUT2D eigenvalue weighted by Crippen LogP contribution is 2.28. The van der Waals surface area contributed by atoms with Gasteiger partial charge >= 0.3 is 5.97 Å². The Balaban J connectivity index is 1.85. The van der Waals surface area contributed by atoms with Crippen molar-refractivity contribution in [3.63, 3.8) is 0 Å². The minimum Gasteiger partial charge on any atom is -0.478 e. The van der Waals surface area contributed by atoms with Crippen LogP contribution in [0.25, 0.3) is 16.9 Å². The first-order valence-corrected chi connectivity index (χ1v) is 9.50. The standard InChI is InChI=1S/C22H20FN5O2/c1-3-27(2)20-17-10-15(9-14-7-5-4-6-8-14)18(23)11-19(17)25-22(26-20)28-13-16(12-24-28)21(29)30/h4-8,10-13H,3,9H2,1-2H3,(H,29,30). The quantitative estimate of drug-likeness (QED) is 0.527. The first kappa shape index (κ1) is 19.5. The molecule has 0 fully saturated rings. The molecule has 4 aromatic rings. The van der Waals surface area contributed by atoms with Crippen molar-refractivity contribution in [1.82, 2.24) is 19.7 Å². The predicted molar refractivity (Wildman–Crippen MR) is 112 cm³/mol. The van der Waals surface area contributed by atoms with E-state index in [1.54, 1.807) is 6.07 Å². The van der Waals surface area contributed by atoms with E-state index >= 15 is 0 Å². The maximum atomic E-state index is 14.9. The van der Waals surface area contributed by atoms with Gasteiger partial charge in [-0.1, -0.05) is 30.3 Å². The first-order chi connectivity index (χ1) is 14.5. The number of aromatic carboxylic acids is 1. The van der Waals surface area contributed by atoms with Gasteiger partial charge in [0.05, 0.1) is 17.3 Å². The first-order valence-electron chi connectivity index (χ1n) is 9.50. The van der Waals surface area contributed by atoms with Crippen LogP contribution in [0.4, 0.5) is 10.2 Å². The molecular weight excluding hydrogens is 385 g/mol. The fourth-order valence-corrected chi connectivity index (χ4v) is 3.20. The lowest BCUT2D eigenvalue weighted by molar-refractivity contribution is 0.0697. The number of carbonyl (C=O) groups is 1. The molecule has 0 bridgehead atoms. The zero-order chi connectivity index (χ0) is 21.3. The van der Waals surface area contributed by atoms with E-state index in [0.29, 0.717) is 29.9 Å². The molecule has 0 aliphatic heterocycles. The molecule has 0 amide bonds. The van der Waals surface area contributed by atoms with Gasteiger partial charge in [-0.15, -0.1) is 0 Å². The summed E-state index contributed by atoms with van der Waals surface area (Å²) in [7, 11) is 1.89. The van der Waals surface area contributed by atoms with Crippen molar-refractivity contribution in [3.8, 4) is 5.95 Å². The summed E-state index contributed by atoms with van der Waals surface area (Å²) in [5, 5.41) is 13.9. The Kier molecular flexibility index (Phi) is 5.14. The molecule has 7 nitrogen and oxygen atoms in total. The fourth-order valence-electron chi connectivity index (χ4n) is 3.20. The van der Waals surface area contributed by atoms with Gasteiger partial charge in [0.25, 0.3) is 5.95 Å². The van der Waals surface area contributed by atoms with Crippen molar-refractivity contribution < 1.29 is 14.3 Å². The molecule has 0 radical (unpaired) electrons. The van der Waals surface area contributed by atoms with Gasteiger partial charge in [-0.2, -0.15) is 10.1 Å². The van der Waals surface area contributed by atoms with Crippen LogP contribution in [0.5, 0.6) is 0 Å². The summed E-state index contributed by atoms with van der Waals surface area (Å²) in [6.45, 7) is 2.66. The van der Waals surface area contributed by atoms with Gasteiger partial charge in [0.2, 0.25) is 0 Å². The molecule has 152 valence electrons. The van der Waals surface area contributed by atoms with E-state index in [1.807, 2.05) is 49.2 Å². The number of carboxylic acid groups (broad SMARTS) is 1. The molecule has 0 aliphatic rings. The Bertz CT molecular complexity index is 1220. The van der Waals surface area contributed by atoms with E-state index in [9.17, 15) is 9.18 Å². The van der Waals surface area contributed by atoms with Crippen molar-refractivity contribution in [1.29, 1.82) is 0 Å². The summed E-state index contributed by atoms with van der Waals surface area (Å²) in [5.41, 5.74) is 2.02. The third-order valence-electron chi connectivity index (χ3n) is 4.94. The minimum absolute atomic E-state index is 0.0217. The molecule has 0 aliphatic carbocycles. The van der Waals surface area contributed by atoms with Gasteiger partial charge in [0.15, 0.2) is 0 Å². The molecule has 2 heterocycles. The zero-order valence-corrected chi connectivity index (χ0v) is 16.6. The highest BCUT2D eigenvalue weighted by Gasteiger charge is 2.17. The third kappa shape index (κ3) is 3.71. The van der Waals surface area contributed by atoms with Crippen molar-refractivity contribution >= 4 is 22.7 Å². The van der Waals surface area contributed by atoms with E-state index in [-0.39, 0.29) is 17.3 Å². The smallest absolute Gasteiger partial charge is 0.338 e. The molecule has 0 unspecified atom stereocenters. The lowest BCUT2D eigenvalue weighted by Crippen LogP contribution is -2.19. The van der Waals surface area contributed by atoms with Gasteiger partial charge in [0.1, 0.15) is 11.6 Å². The van der Waals surface area contributed by atoms with Crippen LogP contribution in [-0.2, 0) is 6.42 Å². The van der Waals surface area contributed by atoms with Crippen molar-refractivity contribution in [2.75, 3.05) is 18.5 Å². The minimum atomic E-state index is -1.09. The molecular formula is C22H20FN5O2. The second-order valence-corrected chi connectivity index (χ2v) is 6.96. The van der Waals surface area contributed by atoms with E-state index in [1.165, 1.54) is 23.1 Å². The van der Waals surface area contributed by atoms with Gasteiger partial charge in [-0.25, -0.2) is 18.9 Å². The Morgan fingerprint density at radius 2 is 1.97 bits per heavy atom. The average Bonchev–Trinajstić information content (AvgIpc) is 3.24. The van der Waals surface area contributed by atoms with Gasteiger partial charge in [-0.05, 0) is 24.1 Å². The van der Waals surface area contributed by atoms with Crippen LogP contribution in [0.1, 0.15) is 28.4 Å². The fraction of sp³-hybridized carbons (Fsp3) is 0.182. The molecule has 0 spiro atoms. The lowest BCUT2D eigenvalue weighted by atomic mass is 10.0. The third-order valence-corrected chi connectivity index (χ3v) is 4.94. The number of halogens is 1. The number of benzene rings is 2. The summed E-state index contributed by atoms with van der Waals surface area (Å²) < 4.78 is 16.2. The summed E-state index contributed by atoms with van der Waals surface area (Å²) in [4.78, 5) is 22.1. The number of hydrogen-bond donors (Lipinski definition) is 1. The highest BCUT2D eigenvalue weighted by atomic mass is 19.1. The van der Waals surface area contributed by atoms with E-state index in [0.717, 1.165) is 10.9 Å². The number of fused-ring (bicyclic) bond motifs is 1. The summed E-state index contributed by atoms with van der Waals surface area (Å²) in [5.74, 6) is -0.642. The molecule has 0 saturated heterocycles. The normalized spacial score (nSPS) is 11.0. The summed E-state index contributed by atoms with van der Waals surface area (Å²) in [6, 6.07) is 12.9. The number of anilines is 1. The van der Waals surface area contributed by atoms with Crippen LogP contribution in [-0.4, -0.2) is 44.4 Å². The summed E-state index contributed by atoms with van der Waals surface area (Å²) >= 11 is 0. The second-order valence-electron chi connectivity index (χ2n) is 6.96. The van der Waals surface area contributed by atoms with E-state index in [4.69, 9.17) is 5.11 Å². The number of carboxylic acids is 1. The van der Waals surface area contributed by atoms with Gasteiger partial charge in [-0.3, -0.25) is 0 Å². The van der Waals surface area contributed by atoms with Gasteiger partial charge in [0, 0.05) is 37.7 Å². The number of aromatic nitrogens is 4. The van der Waals surface area contributed by atoms with Gasteiger partial charge < -0.3 is 10.0 Å². The average molecular weight is 405 g/mol. The molecule has 0 atom stereocenters. The molecule has 2 aromatic heterocycles. The topological polar surface area (TPSA) is 84.1 Å². The molecule has 8 heteroatoms. The summed E-state index contributed by atoms with van der Waals surface area (Å²) in [6.07, 6.45) is 3.02. The lowest BCUT2D eigenvalue weighted by Gasteiger charge is -2.19. The van der Waals surface area contributed by atoms with Crippen molar-refractivity contribution in [2.24, 2.45) is 0 Å². The molecule has 1 N–H and O–H groups in total. The largest absolute Gasteiger partial charge is 0.478 e. The number of nitrogens with zero attached hydrogens (tertiary/aromatic N) is 5. The van der Waals surface area contributed by atoms with Crippen LogP contribution in [0.2, 0.25) is 0 Å². The number of hydrogen-bond acceptors (Lipinski definition) is 5. The predicted octanol–water partition coefficient (Wildman–Crippen LogP) is 3.70. The molecule has 4 rings (SSSR count). The Morgan fingerprint density at radius 1 is 1.20 bits per heavy atom. The SMILES string of the molecule is CCN(C)c1nc(-n2cc(C(=O)O)cn2)nc2cc(F)c(Cc3ccccc3)cc12. The highest BCUT2D eigenvalue weighted by molar-refractivity contribution is 5.91. The van der Waals surface area contributed by atoms with E-state index < -0.39 is 5.97 Å². The maximum Gasteiger partial charge on any atom is 0.338 e. The molecule has 0 saturated carbocycles. The number of rotatable bonds is 6. The molecule has 30 heavy (non-hydrogen) atoms. The monoisotopic (exact) mass is 405 g/mol. The van der Waals surface area contributed by atoms with Crippen LogP contribution >= 0.6 is 0 Å². The Hall–Kier alpha value is -3.81. The van der Waals surface area contributed by atoms with Crippen molar-refractivity contribution in [3.05, 3.63) is 77.4 Å². The van der Waals surface area contributed by atoms with Crippen molar-refractivity contribution in [2.45, 2.75) is 13.3 Å². The van der Waals surface area contributed by atoms with Crippen LogP contribution in [0.15, 0.2) is 54.9 Å². The van der Waals surface area contributed by atoms with Crippen LogP contribution in [0.3, 0.4) is 0 Å². The molecule has 2 aromatic carbocycles. The van der Waals surface area contributed by atoms with Crippen LogP contribution in [0, 0.1) is 5.82 Å². The van der Waals surface area contributed by atoms with Crippen LogP contribution < -0.4 is 4.90 Å². The Morgan fingerprint density at radius 3 is 2.63 bits per heavy atom.